The monoisotopic (exact) mass is 225 g/mol. The van der Waals surface area contributed by atoms with Crippen molar-refractivity contribution in [3.63, 3.8) is 0 Å². The Morgan fingerprint density at radius 2 is 2.25 bits per heavy atom. The van der Waals surface area contributed by atoms with Crippen molar-refractivity contribution in [1.29, 1.82) is 0 Å². The van der Waals surface area contributed by atoms with E-state index in [1.54, 1.807) is 18.2 Å². The van der Waals surface area contributed by atoms with E-state index in [4.69, 9.17) is 0 Å². The number of hydrogen-bond acceptors (Lipinski definition) is 5. The lowest BCUT2D eigenvalue weighted by Crippen LogP contribution is -2.03. The van der Waals surface area contributed by atoms with Gasteiger partial charge in [0.2, 0.25) is 0 Å². The van der Waals surface area contributed by atoms with Gasteiger partial charge < -0.3 is 9.57 Å². The highest BCUT2D eigenvalue weighted by molar-refractivity contribution is 5.45. The fourth-order valence-electron chi connectivity index (χ4n) is 1.25. The van der Waals surface area contributed by atoms with Crippen LogP contribution in [-0.2, 0) is 16.1 Å². The molecule has 1 rings (SSSR count). The normalized spacial score (nSPS) is 9.50. The summed E-state index contributed by atoms with van der Waals surface area (Å²) >= 11 is 0. The Kier molecular flexibility index (Phi) is 4.78. The molecule has 86 valence electrons. The van der Waals surface area contributed by atoms with Crippen molar-refractivity contribution in [2.45, 2.75) is 12.8 Å². The molecule has 0 amide bonds. The second-order valence-electron chi connectivity index (χ2n) is 3.02. The third-order valence-electron chi connectivity index (χ3n) is 1.89. The van der Waals surface area contributed by atoms with Crippen LogP contribution in [0.3, 0.4) is 0 Å². The zero-order valence-electron chi connectivity index (χ0n) is 8.50. The number of benzene rings is 1. The van der Waals surface area contributed by atoms with Crippen molar-refractivity contribution in [3.8, 4) is 5.75 Å². The Bertz CT molecular complexity index is 366. The molecule has 0 atom stereocenters. The molecule has 0 heterocycles. The van der Waals surface area contributed by atoms with Crippen LogP contribution in [0.25, 0.3) is 0 Å². The van der Waals surface area contributed by atoms with Crippen molar-refractivity contribution >= 4 is 6.47 Å². The fourth-order valence-corrected chi connectivity index (χ4v) is 1.25. The van der Waals surface area contributed by atoms with Crippen molar-refractivity contribution in [3.05, 3.63) is 39.9 Å². The third kappa shape index (κ3) is 4.41. The summed E-state index contributed by atoms with van der Waals surface area (Å²) in [6.07, 6.45) is 1.16. The zero-order chi connectivity index (χ0) is 11.8. The van der Waals surface area contributed by atoms with Crippen LogP contribution >= 0.6 is 0 Å². The van der Waals surface area contributed by atoms with E-state index in [1.807, 2.05) is 6.07 Å². The van der Waals surface area contributed by atoms with E-state index in [9.17, 15) is 14.9 Å². The summed E-state index contributed by atoms with van der Waals surface area (Å²) < 4.78 is 4.67. The average molecular weight is 225 g/mol. The van der Waals surface area contributed by atoms with Gasteiger partial charge in [-0.15, -0.1) is 10.1 Å². The number of rotatable bonds is 7. The molecular weight excluding hydrogens is 214 g/mol. The van der Waals surface area contributed by atoms with Crippen molar-refractivity contribution in [2.75, 3.05) is 6.61 Å². The Labute approximate surface area is 91.9 Å². The third-order valence-corrected chi connectivity index (χ3v) is 1.89. The van der Waals surface area contributed by atoms with Crippen LogP contribution < -0.4 is 4.74 Å². The molecule has 0 spiro atoms. The maximum absolute atomic E-state index is 10.1. The smallest absolute Gasteiger partial charge is 0.298 e. The van der Waals surface area contributed by atoms with Gasteiger partial charge in [0.25, 0.3) is 11.6 Å². The van der Waals surface area contributed by atoms with E-state index in [1.165, 1.54) is 0 Å². The lowest BCUT2D eigenvalue weighted by Gasteiger charge is -2.03. The number of carbonyl (C=O) groups excluding carboxylic acids is 1. The highest BCUT2D eigenvalue weighted by Gasteiger charge is 1.98. The molecule has 0 saturated heterocycles. The van der Waals surface area contributed by atoms with Crippen LogP contribution in [0.15, 0.2) is 24.3 Å². The second kappa shape index (κ2) is 6.39. The molecule has 0 aliphatic heterocycles. The molecule has 1 aromatic carbocycles. The Hall–Kier alpha value is -2.11. The van der Waals surface area contributed by atoms with Crippen molar-refractivity contribution in [2.24, 2.45) is 0 Å². The summed E-state index contributed by atoms with van der Waals surface area (Å²) in [4.78, 5) is 24.2. The largest absolute Gasteiger partial charge is 0.429 e. The van der Waals surface area contributed by atoms with Gasteiger partial charge in [-0.1, -0.05) is 12.1 Å². The molecule has 6 heteroatoms. The topological polar surface area (TPSA) is 78.7 Å². The molecular formula is C10H11NO5. The van der Waals surface area contributed by atoms with E-state index in [0.29, 0.717) is 25.1 Å². The molecule has 6 nitrogen and oxygen atoms in total. The van der Waals surface area contributed by atoms with E-state index in [2.05, 4.69) is 9.57 Å². The minimum Gasteiger partial charge on any atom is -0.429 e. The van der Waals surface area contributed by atoms with Gasteiger partial charge in [0.05, 0.1) is 6.61 Å². The first-order valence-corrected chi connectivity index (χ1v) is 4.69. The van der Waals surface area contributed by atoms with E-state index in [-0.39, 0.29) is 6.61 Å². The van der Waals surface area contributed by atoms with Gasteiger partial charge in [0, 0.05) is 0 Å². The van der Waals surface area contributed by atoms with Gasteiger partial charge in [-0.05, 0) is 30.5 Å². The zero-order valence-corrected chi connectivity index (χ0v) is 8.50. The highest BCUT2D eigenvalue weighted by atomic mass is 16.9. The Balaban J connectivity index is 2.38. The van der Waals surface area contributed by atoms with Crippen LogP contribution in [0.5, 0.6) is 5.75 Å². The lowest BCUT2D eigenvalue weighted by atomic mass is 10.1. The van der Waals surface area contributed by atoms with E-state index in [0.717, 1.165) is 5.56 Å². The number of hydrogen-bond donors (Lipinski definition) is 0. The molecule has 0 N–H and O–H groups in total. The standard InChI is InChI=1S/C10H11NO5/c12-8-15-10-5-1-3-9(7-10)4-2-6-16-11(13)14/h1,3,5,7-8H,2,4,6H2. The molecule has 0 radical (unpaired) electrons. The minimum absolute atomic E-state index is 0.0613. The maximum atomic E-state index is 10.1. The van der Waals surface area contributed by atoms with E-state index >= 15 is 0 Å². The van der Waals surface area contributed by atoms with Crippen molar-refractivity contribution < 1.29 is 19.5 Å². The van der Waals surface area contributed by atoms with Gasteiger partial charge in [0.15, 0.2) is 0 Å². The molecule has 0 aliphatic rings. The highest BCUT2D eigenvalue weighted by Crippen LogP contribution is 2.13. The van der Waals surface area contributed by atoms with Crippen LogP contribution in [0, 0.1) is 10.1 Å². The molecule has 0 saturated carbocycles. The molecule has 1 aromatic rings. The van der Waals surface area contributed by atoms with Gasteiger partial charge >= 0.3 is 0 Å². The molecule has 0 bridgehead atoms. The summed E-state index contributed by atoms with van der Waals surface area (Å²) in [6, 6.07) is 6.97. The predicted molar refractivity (Wildman–Crippen MR) is 54.4 cm³/mol. The average Bonchev–Trinajstić information content (AvgIpc) is 2.25. The molecule has 0 aromatic heterocycles. The first-order valence-electron chi connectivity index (χ1n) is 4.69. The van der Waals surface area contributed by atoms with Gasteiger partial charge in [-0.3, -0.25) is 4.79 Å². The summed E-state index contributed by atoms with van der Waals surface area (Å²) in [7, 11) is 0. The van der Waals surface area contributed by atoms with Gasteiger partial charge in [0.1, 0.15) is 5.75 Å². The Morgan fingerprint density at radius 3 is 2.94 bits per heavy atom. The summed E-state index contributed by atoms with van der Waals surface area (Å²) in [6.45, 7) is 0.417. The summed E-state index contributed by atoms with van der Waals surface area (Å²) in [5.74, 6) is 0.461. The quantitative estimate of drug-likeness (QED) is 0.303. The number of ether oxygens (including phenoxy) is 1. The molecule has 0 fully saturated rings. The van der Waals surface area contributed by atoms with Gasteiger partial charge in [-0.2, -0.15) is 0 Å². The number of nitrogens with zero attached hydrogens (tertiary/aromatic N) is 1. The van der Waals surface area contributed by atoms with Crippen LogP contribution in [0.4, 0.5) is 0 Å². The molecule has 16 heavy (non-hydrogen) atoms. The minimum atomic E-state index is -0.814. The van der Waals surface area contributed by atoms with Crippen LogP contribution in [0.2, 0.25) is 0 Å². The number of aryl methyl sites for hydroxylation is 1. The van der Waals surface area contributed by atoms with Gasteiger partial charge in [-0.25, -0.2) is 0 Å². The fraction of sp³-hybridized carbons (Fsp3) is 0.300. The molecule has 0 unspecified atom stereocenters. The van der Waals surface area contributed by atoms with Crippen molar-refractivity contribution in [1.82, 2.24) is 0 Å². The summed E-state index contributed by atoms with van der Waals surface area (Å²) in [5.41, 5.74) is 0.936. The van der Waals surface area contributed by atoms with Crippen LogP contribution in [-0.4, -0.2) is 18.2 Å². The SMILES string of the molecule is O=COc1cccc(CCCO[N+](=O)[O-])c1. The van der Waals surface area contributed by atoms with Crippen LogP contribution in [0.1, 0.15) is 12.0 Å². The first kappa shape index (κ1) is 12.0. The predicted octanol–water partition coefficient (Wildman–Crippen LogP) is 1.36. The Morgan fingerprint density at radius 1 is 1.44 bits per heavy atom. The summed E-state index contributed by atoms with van der Waals surface area (Å²) in [5, 5.41) is 9.06. The first-order chi connectivity index (χ1) is 7.72. The second-order valence-corrected chi connectivity index (χ2v) is 3.02. The molecule has 0 aliphatic carbocycles. The maximum Gasteiger partial charge on any atom is 0.298 e. The van der Waals surface area contributed by atoms with E-state index < -0.39 is 5.09 Å². The number of carbonyl (C=O) groups is 1. The lowest BCUT2D eigenvalue weighted by molar-refractivity contribution is -0.757.